The smallest absolute Gasteiger partial charge is 0.0810 e. The molecule has 3 heteroatoms. The highest BCUT2D eigenvalue weighted by molar-refractivity contribution is 8.00. The fraction of sp³-hybridized carbons (Fsp3) is 0.889. The molecule has 68 valence electrons. The minimum absolute atomic E-state index is 0.644. The first-order valence-electron chi connectivity index (χ1n) is 4.54. The van der Waals surface area contributed by atoms with Crippen molar-refractivity contribution in [2.24, 2.45) is 5.92 Å². The summed E-state index contributed by atoms with van der Waals surface area (Å²) in [6.45, 7) is 4.56. The van der Waals surface area contributed by atoms with Gasteiger partial charge in [-0.2, -0.15) is 5.26 Å². The van der Waals surface area contributed by atoms with Crippen molar-refractivity contribution in [2.75, 3.05) is 18.8 Å². The van der Waals surface area contributed by atoms with E-state index < -0.39 is 0 Å². The number of piperidine rings is 1. The molecule has 0 aromatic carbocycles. The minimum atomic E-state index is 0.644. The Labute approximate surface area is 78.7 Å². The molecular formula is C9H16N2S. The minimum Gasteiger partial charge on any atom is -0.317 e. The molecule has 0 spiro atoms. The predicted octanol–water partition coefficient (Wildman–Crippen LogP) is 1.63. The van der Waals surface area contributed by atoms with E-state index in [-0.39, 0.29) is 0 Å². The second kappa shape index (κ2) is 5.45. The van der Waals surface area contributed by atoms with E-state index in [0.717, 1.165) is 19.0 Å². The van der Waals surface area contributed by atoms with Crippen molar-refractivity contribution in [3.63, 3.8) is 0 Å². The molecule has 1 N–H and O–H groups in total. The van der Waals surface area contributed by atoms with Gasteiger partial charge in [-0.25, -0.2) is 0 Å². The Bertz CT molecular complexity index is 158. The van der Waals surface area contributed by atoms with Crippen LogP contribution in [0.15, 0.2) is 0 Å². The Morgan fingerprint density at radius 1 is 1.58 bits per heavy atom. The predicted molar refractivity (Wildman–Crippen MR) is 53.1 cm³/mol. The molecule has 1 fully saturated rings. The van der Waals surface area contributed by atoms with E-state index in [1.54, 1.807) is 11.8 Å². The highest BCUT2D eigenvalue weighted by Gasteiger charge is 2.19. The summed E-state index contributed by atoms with van der Waals surface area (Å²) in [4.78, 5) is 0. The molecule has 1 atom stereocenters. The summed E-state index contributed by atoms with van der Waals surface area (Å²) in [5.41, 5.74) is 0. The molecule has 0 aromatic heterocycles. The summed E-state index contributed by atoms with van der Waals surface area (Å²) >= 11 is 1.79. The second-order valence-electron chi connectivity index (χ2n) is 3.26. The molecule has 1 aliphatic rings. The van der Waals surface area contributed by atoms with Crippen LogP contribution in [0.2, 0.25) is 0 Å². The highest BCUT2D eigenvalue weighted by Crippen LogP contribution is 2.25. The lowest BCUT2D eigenvalue weighted by atomic mass is 9.95. The number of hydrogen-bond acceptors (Lipinski definition) is 3. The summed E-state index contributed by atoms with van der Waals surface area (Å²) in [6.07, 6.45) is 2.55. The van der Waals surface area contributed by atoms with Crippen molar-refractivity contribution < 1.29 is 0 Å². The van der Waals surface area contributed by atoms with E-state index in [9.17, 15) is 0 Å². The lowest BCUT2D eigenvalue weighted by Crippen LogP contribution is -2.31. The van der Waals surface area contributed by atoms with Crippen LogP contribution >= 0.6 is 11.8 Å². The molecule has 1 unspecified atom stereocenters. The molecule has 1 heterocycles. The van der Waals surface area contributed by atoms with Gasteiger partial charge in [-0.1, -0.05) is 6.92 Å². The van der Waals surface area contributed by atoms with Gasteiger partial charge in [0.1, 0.15) is 0 Å². The van der Waals surface area contributed by atoms with Gasteiger partial charge in [0.05, 0.1) is 11.8 Å². The Kier molecular flexibility index (Phi) is 4.49. The van der Waals surface area contributed by atoms with Crippen molar-refractivity contribution in [1.29, 1.82) is 5.26 Å². The van der Waals surface area contributed by atoms with E-state index in [0.29, 0.717) is 11.0 Å². The Morgan fingerprint density at radius 3 is 2.83 bits per heavy atom. The van der Waals surface area contributed by atoms with Gasteiger partial charge in [0, 0.05) is 5.25 Å². The first-order chi connectivity index (χ1) is 5.84. The molecule has 0 amide bonds. The molecule has 0 radical (unpaired) electrons. The van der Waals surface area contributed by atoms with Crippen molar-refractivity contribution >= 4 is 11.8 Å². The second-order valence-corrected chi connectivity index (χ2v) is 4.63. The van der Waals surface area contributed by atoms with Crippen LogP contribution in [0.4, 0.5) is 0 Å². The van der Waals surface area contributed by atoms with Gasteiger partial charge >= 0.3 is 0 Å². The quantitative estimate of drug-likeness (QED) is 0.724. The van der Waals surface area contributed by atoms with Crippen LogP contribution in [0, 0.1) is 17.2 Å². The van der Waals surface area contributed by atoms with Gasteiger partial charge in [0.25, 0.3) is 0 Å². The number of nitrogens with one attached hydrogen (secondary N) is 1. The Hall–Kier alpha value is -0.200. The third-order valence-electron chi connectivity index (χ3n) is 2.46. The van der Waals surface area contributed by atoms with Crippen molar-refractivity contribution in [3.8, 4) is 6.07 Å². The molecule has 0 aromatic rings. The van der Waals surface area contributed by atoms with E-state index in [1.165, 1.54) is 12.8 Å². The number of hydrogen-bond donors (Lipinski definition) is 1. The zero-order valence-corrected chi connectivity index (χ0v) is 8.36. The van der Waals surface area contributed by atoms with Crippen LogP contribution in [0.3, 0.4) is 0 Å². The average Bonchev–Trinajstić information content (AvgIpc) is 2.15. The summed E-state index contributed by atoms with van der Waals surface area (Å²) in [7, 11) is 0. The number of nitrogens with zero attached hydrogens (tertiary/aromatic N) is 1. The van der Waals surface area contributed by atoms with Gasteiger partial charge in [-0.3, -0.25) is 0 Å². The fourth-order valence-corrected chi connectivity index (χ4v) is 2.50. The topological polar surface area (TPSA) is 35.8 Å². The van der Waals surface area contributed by atoms with Crippen molar-refractivity contribution in [2.45, 2.75) is 25.0 Å². The third kappa shape index (κ3) is 3.04. The van der Waals surface area contributed by atoms with Crippen LogP contribution < -0.4 is 5.32 Å². The average molecular weight is 184 g/mol. The first-order valence-corrected chi connectivity index (χ1v) is 5.58. The Morgan fingerprint density at radius 2 is 2.25 bits per heavy atom. The monoisotopic (exact) mass is 184 g/mol. The van der Waals surface area contributed by atoms with Gasteiger partial charge in [-0.15, -0.1) is 11.8 Å². The molecule has 0 aliphatic carbocycles. The summed E-state index contributed by atoms with van der Waals surface area (Å²) in [5.74, 6) is 1.47. The van der Waals surface area contributed by atoms with Crippen LogP contribution in [0.5, 0.6) is 0 Å². The molecule has 2 nitrogen and oxygen atoms in total. The summed E-state index contributed by atoms with van der Waals surface area (Å²) in [6, 6.07) is 2.19. The van der Waals surface area contributed by atoms with Crippen molar-refractivity contribution in [3.05, 3.63) is 0 Å². The lowest BCUT2D eigenvalue weighted by Gasteiger charge is -2.27. The first kappa shape index (κ1) is 9.88. The highest BCUT2D eigenvalue weighted by atomic mass is 32.2. The zero-order chi connectivity index (χ0) is 8.81. The molecule has 1 aliphatic heterocycles. The molecule has 1 saturated heterocycles. The maximum Gasteiger partial charge on any atom is 0.0810 e. The van der Waals surface area contributed by atoms with E-state index in [2.05, 4.69) is 18.3 Å². The van der Waals surface area contributed by atoms with E-state index in [1.807, 2.05) is 0 Å². The van der Waals surface area contributed by atoms with E-state index in [4.69, 9.17) is 5.26 Å². The van der Waals surface area contributed by atoms with Crippen LogP contribution in [-0.2, 0) is 0 Å². The lowest BCUT2D eigenvalue weighted by molar-refractivity contribution is 0.373. The van der Waals surface area contributed by atoms with Gasteiger partial charge in [0.2, 0.25) is 0 Å². The maximum absolute atomic E-state index is 8.43. The number of nitriles is 1. The van der Waals surface area contributed by atoms with Gasteiger partial charge < -0.3 is 5.32 Å². The fourth-order valence-electron chi connectivity index (χ4n) is 1.62. The normalized spacial score (nSPS) is 21.7. The molecule has 1 rings (SSSR count). The molecular weight excluding hydrogens is 168 g/mol. The maximum atomic E-state index is 8.43. The summed E-state index contributed by atoms with van der Waals surface area (Å²) in [5, 5.41) is 12.4. The van der Waals surface area contributed by atoms with Crippen molar-refractivity contribution in [1.82, 2.24) is 5.32 Å². The van der Waals surface area contributed by atoms with Gasteiger partial charge in [-0.05, 0) is 31.8 Å². The standard InChI is InChI=1S/C9H16N2S/c1-8(12-7-4-10)9-2-5-11-6-3-9/h8-9,11H,2-3,5-7H2,1H3. The molecule has 12 heavy (non-hydrogen) atoms. The van der Waals surface area contributed by atoms with E-state index >= 15 is 0 Å². The third-order valence-corrected chi connectivity index (χ3v) is 3.66. The number of thioether (sulfide) groups is 1. The van der Waals surface area contributed by atoms with Crippen LogP contribution in [0.1, 0.15) is 19.8 Å². The van der Waals surface area contributed by atoms with Crippen LogP contribution in [-0.4, -0.2) is 24.1 Å². The van der Waals surface area contributed by atoms with Gasteiger partial charge in [0.15, 0.2) is 0 Å². The van der Waals surface area contributed by atoms with Crippen LogP contribution in [0.25, 0.3) is 0 Å². The molecule has 0 saturated carbocycles. The zero-order valence-electron chi connectivity index (χ0n) is 7.55. The molecule has 0 bridgehead atoms. The largest absolute Gasteiger partial charge is 0.317 e. The SMILES string of the molecule is CC(SCC#N)C1CCNCC1. The summed E-state index contributed by atoms with van der Waals surface area (Å²) < 4.78 is 0. The Balaban J connectivity index is 2.21. The number of rotatable bonds is 3.